The van der Waals surface area contributed by atoms with Crippen LogP contribution in [-0.2, 0) is 4.74 Å². The maximum Gasteiger partial charge on any atom is 0.114 e. The third kappa shape index (κ3) is 2.72. The summed E-state index contributed by atoms with van der Waals surface area (Å²) in [5.74, 6) is 1.71. The Hall–Kier alpha value is -0.720. The molecule has 0 unspecified atom stereocenters. The normalized spacial score (nSPS) is 19.6. The lowest BCUT2D eigenvalue weighted by molar-refractivity contribution is 0.176. The topological polar surface area (TPSA) is 9.23 Å². The van der Waals surface area contributed by atoms with Gasteiger partial charge in [0.2, 0.25) is 0 Å². The minimum atomic E-state index is 0.792. The monoisotopic (exact) mass is 166 g/mol. The zero-order chi connectivity index (χ0) is 8.81. The summed E-state index contributed by atoms with van der Waals surface area (Å²) >= 11 is 0. The zero-order valence-corrected chi connectivity index (χ0v) is 7.88. The first-order valence-electron chi connectivity index (χ1n) is 4.78. The van der Waals surface area contributed by atoms with Crippen molar-refractivity contribution in [1.29, 1.82) is 0 Å². The molecular weight excluding hydrogens is 148 g/mol. The van der Waals surface area contributed by atoms with Crippen LogP contribution >= 0.6 is 0 Å². The van der Waals surface area contributed by atoms with E-state index in [0.29, 0.717) is 0 Å². The van der Waals surface area contributed by atoms with E-state index in [1.165, 1.54) is 25.7 Å². The van der Waals surface area contributed by atoms with E-state index in [9.17, 15) is 0 Å². The average molecular weight is 166 g/mol. The molecule has 1 fully saturated rings. The highest BCUT2D eigenvalue weighted by Crippen LogP contribution is 2.25. The predicted molar refractivity (Wildman–Crippen MR) is 51.9 cm³/mol. The highest BCUT2D eigenvalue weighted by Gasteiger charge is 2.15. The third-order valence-electron chi connectivity index (χ3n) is 2.45. The molecule has 0 heterocycles. The Morgan fingerprint density at radius 2 is 2.17 bits per heavy atom. The van der Waals surface area contributed by atoms with Crippen molar-refractivity contribution < 1.29 is 4.74 Å². The fraction of sp³-hybridized carbons (Fsp3) is 0.636. The summed E-state index contributed by atoms with van der Waals surface area (Å²) in [6.07, 6.45) is 9.18. The Balaban J connectivity index is 2.19. The van der Waals surface area contributed by atoms with Crippen LogP contribution in [0.25, 0.3) is 0 Å². The van der Waals surface area contributed by atoms with Crippen LogP contribution in [0.4, 0.5) is 0 Å². The summed E-state index contributed by atoms with van der Waals surface area (Å²) in [4.78, 5) is 0. The van der Waals surface area contributed by atoms with Crippen molar-refractivity contribution in [3.8, 4) is 0 Å². The lowest BCUT2D eigenvalue weighted by Gasteiger charge is -2.11. The maximum atomic E-state index is 5.57. The number of allylic oxidation sites excluding steroid dienone is 2. The highest BCUT2D eigenvalue weighted by atomic mass is 16.5. The lowest BCUT2D eigenvalue weighted by atomic mass is 10.1. The average Bonchev–Trinajstić information content (AvgIpc) is 2.59. The Kier molecular flexibility index (Phi) is 3.92. The van der Waals surface area contributed by atoms with Gasteiger partial charge in [0.15, 0.2) is 0 Å². The lowest BCUT2D eigenvalue weighted by Crippen LogP contribution is -2.04. The summed E-state index contributed by atoms with van der Waals surface area (Å²) in [7, 11) is 0. The van der Waals surface area contributed by atoms with E-state index in [2.05, 4.69) is 6.58 Å². The smallest absolute Gasteiger partial charge is 0.114 e. The molecule has 68 valence electrons. The van der Waals surface area contributed by atoms with Crippen LogP contribution in [0, 0.1) is 5.92 Å². The van der Waals surface area contributed by atoms with Crippen LogP contribution < -0.4 is 0 Å². The minimum Gasteiger partial charge on any atom is -0.494 e. The van der Waals surface area contributed by atoms with Gasteiger partial charge in [-0.25, -0.2) is 0 Å². The van der Waals surface area contributed by atoms with Gasteiger partial charge in [-0.2, -0.15) is 0 Å². The van der Waals surface area contributed by atoms with Gasteiger partial charge in [-0.3, -0.25) is 0 Å². The van der Waals surface area contributed by atoms with Gasteiger partial charge < -0.3 is 4.74 Å². The molecule has 0 aromatic rings. The highest BCUT2D eigenvalue weighted by molar-refractivity contribution is 5.06. The van der Waals surface area contributed by atoms with Gasteiger partial charge in [0.1, 0.15) is 5.76 Å². The van der Waals surface area contributed by atoms with Crippen LogP contribution in [0.5, 0.6) is 0 Å². The molecule has 1 saturated carbocycles. The largest absolute Gasteiger partial charge is 0.494 e. The fourth-order valence-electron chi connectivity index (χ4n) is 1.65. The molecule has 1 nitrogen and oxygen atoms in total. The van der Waals surface area contributed by atoms with Crippen molar-refractivity contribution >= 4 is 0 Å². The van der Waals surface area contributed by atoms with Crippen molar-refractivity contribution in [2.24, 2.45) is 5.92 Å². The Morgan fingerprint density at radius 3 is 2.67 bits per heavy atom. The van der Waals surface area contributed by atoms with E-state index < -0.39 is 0 Å². The molecule has 1 aliphatic carbocycles. The minimum absolute atomic E-state index is 0.792. The van der Waals surface area contributed by atoms with Gasteiger partial charge in [-0.15, -0.1) is 0 Å². The fourth-order valence-corrected chi connectivity index (χ4v) is 1.65. The Morgan fingerprint density at radius 1 is 1.50 bits per heavy atom. The first-order valence-corrected chi connectivity index (χ1v) is 4.78. The molecule has 0 aromatic heterocycles. The van der Waals surface area contributed by atoms with Crippen molar-refractivity contribution in [3.63, 3.8) is 0 Å². The summed E-state index contributed by atoms with van der Waals surface area (Å²) in [6.45, 7) is 6.54. The van der Waals surface area contributed by atoms with E-state index >= 15 is 0 Å². The van der Waals surface area contributed by atoms with E-state index in [4.69, 9.17) is 4.74 Å². The van der Waals surface area contributed by atoms with Gasteiger partial charge >= 0.3 is 0 Å². The van der Waals surface area contributed by atoms with Crippen LogP contribution in [0.1, 0.15) is 32.6 Å². The molecule has 0 atom stereocenters. The van der Waals surface area contributed by atoms with Crippen LogP contribution in [-0.4, -0.2) is 6.61 Å². The SMILES string of the molecule is C=C/C(=C\C)OCC1CCCC1. The van der Waals surface area contributed by atoms with Gasteiger partial charge in [-0.1, -0.05) is 19.4 Å². The molecule has 1 rings (SSSR count). The Bertz CT molecular complexity index is 164. The molecule has 0 aromatic carbocycles. The number of hydrogen-bond donors (Lipinski definition) is 0. The molecule has 0 radical (unpaired) electrons. The van der Waals surface area contributed by atoms with E-state index in [-0.39, 0.29) is 0 Å². The van der Waals surface area contributed by atoms with E-state index in [1.807, 2.05) is 13.0 Å². The quantitative estimate of drug-likeness (QED) is 0.460. The van der Waals surface area contributed by atoms with E-state index in [1.54, 1.807) is 6.08 Å². The van der Waals surface area contributed by atoms with Crippen LogP contribution in [0.3, 0.4) is 0 Å². The standard InChI is InChI=1S/C11H18O/c1-3-11(4-2)12-9-10-7-5-6-8-10/h3-4,10H,1,5-9H2,2H3/b11-4+. The van der Waals surface area contributed by atoms with Crippen LogP contribution in [0.15, 0.2) is 24.5 Å². The molecule has 0 aliphatic heterocycles. The zero-order valence-electron chi connectivity index (χ0n) is 7.88. The summed E-state index contributed by atoms with van der Waals surface area (Å²) in [5.41, 5.74) is 0. The Labute approximate surface area is 75.1 Å². The van der Waals surface area contributed by atoms with Gasteiger partial charge in [0.25, 0.3) is 0 Å². The number of ether oxygens (including phenoxy) is 1. The summed E-state index contributed by atoms with van der Waals surface area (Å²) in [6, 6.07) is 0. The predicted octanol–water partition coefficient (Wildman–Crippen LogP) is 3.28. The molecular formula is C11H18O. The first kappa shape index (κ1) is 9.37. The second-order valence-electron chi connectivity index (χ2n) is 3.36. The molecule has 1 aliphatic rings. The molecule has 0 saturated heterocycles. The van der Waals surface area contributed by atoms with E-state index in [0.717, 1.165) is 18.3 Å². The molecule has 0 bridgehead atoms. The summed E-state index contributed by atoms with van der Waals surface area (Å²) < 4.78 is 5.57. The molecule has 0 N–H and O–H groups in total. The second kappa shape index (κ2) is 5.02. The first-order chi connectivity index (χ1) is 5.86. The van der Waals surface area contributed by atoms with Crippen molar-refractivity contribution in [2.45, 2.75) is 32.6 Å². The molecule has 12 heavy (non-hydrogen) atoms. The number of hydrogen-bond acceptors (Lipinski definition) is 1. The van der Waals surface area contributed by atoms with Crippen molar-refractivity contribution in [2.75, 3.05) is 6.61 Å². The van der Waals surface area contributed by atoms with Crippen molar-refractivity contribution in [1.82, 2.24) is 0 Å². The second-order valence-corrected chi connectivity index (χ2v) is 3.36. The van der Waals surface area contributed by atoms with Gasteiger partial charge in [0, 0.05) is 0 Å². The van der Waals surface area contributed by atoms with Gasteiger partial charge in [0.05, 0.1) is 6.61 Å². The van der Waals surface area contributed by atoms with Gasteiger partial charge in [-0.05, 0) is 37.8 Å². The van der Waals surface area contributed by atoms with Crippen molar-refractivity contribution in [3.05, 3.63) is 24.5 Å². The molecule has 0 spiro atoms. The molecule has 1 heteroatoms. The maximum absolute atomic E-state index is 5.57. The van der Waals surface area contributed by atoms with Crippen LogP contribution in [0.2, 0.25) is 0 Å². The molecule has 0 amide bonds. The number of rotatable bonds is 4. The third-order valence-corrected chi connectivity index (χ3v) is 2.45. The summed E-state index contributed by atoms with van der Waals surface area (Å²) in [5, 5.41) is 0.